The van der Waals surface area contributed by atoms with Crippen LogP contribution >= 0.6 is 11.8 Å². The van der Waals surface area contributed by atoms with Crippen LogP contribution in [0.15, 0.2) is 60.7 Å². The predicted octanol–water partition coefficient (Wildman–Crippen LogP) is 1.66. The monoisotopic (exact) mass is 639 g/mol. The smallest absolute Gasteiger partial charge is 0.249 e. The third kappa shape index (κ3) is 11.8. The molecule has 0 saturated carbocycles. The van der Waals surface area contributed by atoms with E-state index in [0.29, 0.717) is 18.6 Å². The maximum absolute atomic E-state index is 13.5. The molecular weight excluding hydrogens is 594 g/mol. The Labute approximate surface area is 269 Å². The molecule has 0 bridgehead atoms. The number of carbonyl (C=O) groups is 5. The molecule has 0 radical (unpaired) electrons. The highest BCUT2D eigenvalue weighted by atomic mass is 32.2. The summed E-state index contributed by atoms with van der Waals surface area (Å²) < 4.78 is 5.70. The molecule has 11 nitrogen and oxygen atoms in total. The van der Waals surface area contributed by atoms with Crippen LogP contribution in [0.5, 0.6) is 0 Å². The average molecular weight is 640 g/mol. The summed E-state index contributed by atoms with van der Waals surface area (Å²) in [5.41, 5.74) is 1.81. The lowest BCUT2D eigenvalue weighted by Crippen LogP contribution is -2.57. The first-order chi connectivity index (χ1) is 21.6. The Morgan fingerprint density at radius 1 is 0.889 bits per heavy atom. The van der Waals surface area contributed by atoms with Crippen molar-refractivity contribution in [2.75, 3.05) is 31.7 Å². The molecule has 0 spiro atoms. The first kappa shape index (κ1) is 35.6. The second kappa shape index (κ2) is 18.2. The Hall–Kier alpha value is -3.90. The van der Waals surface area contributed by atoms with Gasteiger partial charge in [-0.15, -0.1) is 0 Å². The summed E-state index contributed by atoms with van der Waals surface area (Å²) in [5.74, 6) is -2.15. The zero-order valence-corrected chi connectivity index (χ0v) is 27.2. The van der Waals surface area contributed by atoms with Gasteiger partial charge in [-0.2, -0.15) is 11.8 Å². The molecule has 2 aromatic carbocycles. The Kier molecular flexibility index (Phi) is 14.4. The van der Waals surface area contributed by atoms with Crippen LogP contribution in [0, 0.1) is 5.92 Å². The van der Waals surface area contributed by atoms with Gasteiger partial charge in [0.1, 0.15) is 24.7 Å². The molecule has 1 fully saturated rings. The third-order valence-corrected chi connectivity index (χ3v) is 8.04. The van der Waals surface area contributed by atoms with Crippen LogP contribution in [0.1, 0.15) is 38.3 Å². The fourth-order valence-corrected chi connectivity index (χ4v) is 5.37. The largest absolute Gasteiger partial charge is 0.367 e. The third-order valence-electron chi connectivity index (χ3n) is 7.40. The van der Waals surface area contributed by atoms with E-state index in [0.717, 1.165) is 11.1 Å². The summed E-state index contributed by atoms with van der Waals surface area (Å²) in [6.45, 7) is 4.71. The van der Waals surface area contributed by atoms with Crippen molar-refractivity contribution in [3.8, 4) is 0 Å². The molecule has 45 heavy (non-hydrogen) atoms. The Morgan fingerprint density at radius 2 is 1.53 bits per heavy atom. The second-order valence-corrected chi connectivity index (χ2v) is 12.5. The van der Waals surface area contributed by atoms with Gasteiger partial charge in [0.15, 0.2) is 0 Å². The number of nitrogens with one attached hydrogen (secondary N) is 4. The number of hydrogen-bond donors (Lipinski definition) is 4. The number of ether oxygens (including phenoxy) is 1. The van der Waals surface area contributed by atoms with Gasteiger partial charge in [-0.25, -0.2) is 0 Å². The van der Waals surface area contributed by atoms with E-state index >= 15 is 0 Å². The van der Waals surface area contributed by atoms with Gasteiger partial charge in [-0.05, 0) is 48.8 Å². The quantitative estimate of drug-likeness (QED) is 0.309. The van der Waals surface area contributed by atoms with Crippen LogP contribution in [0.2, 0.25) is 0 Å². The topological polar surface area (TPSA) is 146 Å². The Balaban J connectivity index is 1.91. The van der Waals surface area contributed by atoms with Crippen LogP contribution in [0.3, 0.4) is 0 Å². The van der Waals surface area contributed by atoms with Crippen LogP contribution in [0.4, 0.5) is 0 Å². The number of benzene rings is 2. The molecule has 1 heterocycles. The van der Waals surface area contributed by atoms with Gasteiger partial charge in [0.25, 0.3) is 0 Å². The normalized spacial score (nSPS) is 22.0. The first-order valence-electron chi connectivity index (χ1n) is 15.2. The van der Waals surface area contributed by atoms with E-state index in [1.165, 1.54) is 16.7 Å². The van der Waals surface area contributed by atoms with Gasteiger partial charge in [0.05, 0.1) is 19.2 Å². The number of amides is 5. The molecule has 2 aromatic rings. The van der Waals surface area contributed by atoms with Gasteiger partial charge in [0, 0.05) is 6.54 Å². The van der Waals surface area contributed by atoms with E-state index in [1.807, 2.05) is 66.9 Å². The molecule has 0 unspecified atom stereocenters. The number of rotatable bonds is 10. The zero-order chi connectivity index (χ0) is 32.8. The van der Waals surface area contributed by atoms with Crippen LogP contribution in [-0.4, -0.2) is 90.3 Å². The van der Waals surface area contributed by atoms with E-state index in [4.69, 9.17) is 4.74 Å². The van der Waals surface area contributed by atoms with Gasteiger partial charge in [-0.1, -0.05) is 74.5 Å². The van der Waals surface area contributed by atoms with E-state index in [2.05, 4.69) is 21.3 Å². The molecule has 0 aromatic heterocycles. The van der Waals surface area contributed by atoms with Crippen molar-refractivity contribution < 1.29 is 28.7 Å². The highest BCUT2D eigenvalue weighted by Gasteiger charge is 2.32. The molecular formula is C33H45N5O6S. The zero-order valence-electron chi connectivity index (χ0n) is 26.4. The lowest BCUT2D eigenvalue weighted by Gasteiger charge is -2.29. The van der Waals surface area contributed by atoms with Crippen molar-refractivity contribution >= 4 is 41.3 Å². The summed E-state index contributed by atoms with van der Waals surface area (Å²) in [4.78, 5) is 68.2. The van der Waals surface area contributed by atoms with Crippen LogP contribution < -0.4 is 21.3 Å². The summed E-state index contributed by atoms with van der Waals surface area (Å²) in [6, 6.07) is 15.5. The molecule has 1 aliphatic heterocycles. The molecule has 244 valence electrons. The maximum atomic E-state index is 13.5. The highest BCUT2D eigenvalue weighted by Crippen LogP contribution is 2.10. The average Bonchev–Trinajstić information content (AvgIpc) is 3.01. The molecule has 1 aliphatic rings. The van der Waals surface area contributed by atoms with Crippen molar-refractivity contribution in [2.45, 2.75) is 64.4 Å². The van der Waals surface area contributed by atoms with Crippen molar-refractivity contribution in [3.05, 3.63) is 71.8 Å². The SMILES string of the molecule is CSCC[C@@H]1NC(=O)[C@H](C(C)C)NC(=O)CN(C(=O)COCc2ccccc2)C[C@@H](Cc2ccccc2)NC(=O)[C@H](C)NC1=O. The van der Waals surface area contributed by atoms with Gasteiger partial charge >= 0.3 is 0 Å². The predicted molar refractivity (Wildman–Crippen MR) is 174 cm³/mol. The molecule has 5 amide bonds. The summed E-state index contributed by atoms with van der Waals surface area (Å²) in [7, 11) is 0. The minimum absolute atomic E-state index is 0.00284. The molecule has 4 atom stereocenters. The van der Waals surface area contributed by atoms with Gasteiger partial charge in [0.2, 0.25) is 29.5 Å². The molecule has 1 saturated heterocycles. The molecule has 0 aliphatic carbocycles. The maximum Gasteiger partial charge on any atom is 0.249 e. The highest BCUT2D eigenvalue weighted by molar-refractivity contribution is 7.98. The number of thioether (sulfide) groups is 1. The second-order valence-electron chi connectivity index (χ2n) is 11.5. The van der Waals surface area contributed by atoms with Crippen molar-refractivity contribution in [1.29, 1.82) is 0 Å². The summed E-state index contributed by atoms with van der Waals surface area (Å²) >= 11 is 1.53. The number of hydrogen-bond acceptors (Lipinski definition) is 7. The van der Waals surface area contributed by atoms with E-state index in [1.54, 1.807) is 20.8 Å². The molecule has 3 rings (SSSR count). The summed E-state index contributed by atoms with van der Waals surface area (Å²) in [5, 5.41) is 11.2. The molecule has 4 N–H and O–H groups in total. The van der Waals surface area contributed by atoms with E-state index in [-0.39, 0.29) is 32.2 Å². The lowest BCUT2D eigenvalue weighted by molar-refractivity contribution is -0.141. The van der Waals surface area contributed by atoms with Crippen molar-refractivity contribution in [3.63, 3.8) is 0 Å². The minimum atomic E-state index is -0.948. The fourth-order valence-electron chi connectivity index (χ4n) is 4.90. The Bertz CT molecular complexity index is 1280. The van der Waals surface area contributed by atoms with E-state index in [9.17, 15) is 24.0 Å². The Morgan fingerprint density at radius 3 is 2.16 bits per heavy atom. The fraction of sp³-hybridized carbons (Fsp3) is 0.485. The van der Waals surface area contributed by atoms with E-state index < -0.39 is 53.7 Å². The van der Waals surface area contributed by atoms with Crippen molar-refractivity contribution in [2.24, 2.45) is 5.92 Å². The number of nitrogens with zero attached hydrogens (tertiary/aromatic N) is 1. The standard InChI is InChI=1S/C33H45N5O6S/c1-22(2)30-33(43)36-27(15-16-45-4)32(42)34-23(3)31(41)35-26(17-24-11-7-5-8-12-24)18-38(19-28(39)37-30)29(40)21-44-20-25-13-9-6-10-14-25/h5-14,22-23,26-27,30H,15-21H2,1-4H3,(H,34,42)(H,35,41)(H,36,43)(H,37,39)/t23-,26+,27-,30-/m0/s1. The lowest BCUT2D eigenvalue weighted by atomic mass is 10.0. The minimum Gasteiger partial charge on any atom is -0.367 e. The summed E-state index contributed by atoms with van der Waals surface area (Å²) in [6.07, 6.45) is 2.61. The van der Waals surface area contributed by atoms with Gasteiger partial charge < -0.3 is 30.9 Å². The van der Waals surface area contributed by atoms with Crippen LogP contribution in [-0.2, 0) is 41.7 Å². The van der Waals surface area contributed by atoms with Crippen LogP contribution in [0.25, 0.3) is 0 Å². The van der Waals surface area contributed by atoms with Gasteiger partial charge in [-0.3, -0.25) is 24.0 Å². The first-order valence-corrected chi connectivity index (χ1v) is 16.6. The molecule has 12 heteroatoms. The van der Waals surface area contributed by atoms with Crippen molar-refractivity contribution in [1.82, 2.24) is 26.2 Å². The number of carbonyl (C=O) groups excluding carboxylic acids is 5.